The summed E-state index contributed by atoms with van der Waals surface area (Å²) in [6, 6.07) is -0.424. The van der Waals surface area contributed by atoms with Gasteiger partial charge in [-0.2, -0.15) is 0 Å². The molecule has 3 heterocycles. The number of thiophene rings is 1. The van der Waals surface area contributed by atoms with Crippen LogP contribution in [0.1, 0.15) is 5.56 Å². The summed E-state index contributed by atoms with van der Waals surface area (Å²) < 4.78 is 1.01. The van der Waals surface area contributed by atoms with Crippen molar-refractivity contribution in [1.29, 1.82) is 0 Å². The molecule has 3 N–H and O–H groups in total. The van der Waals surface area contributed by atoms with Crippen LogP contribution in [0, 0.1) is 0 Å². The summed E-state index contributed by atoms with van der Waals surface area (Å²) in [4.78, 5) is 10.1. The molecule has 0 amide bonds. The normalized spacial score (nSPS) is 28.3. The van der Waals surface area contributed by atoms with E-state index in [2.05, 4.69) is 9.97 Å². The minimum absolute atomic E-state index is 0.171. The highest BCUT2D eigenvalue weighted by Gasteiger charge is 2.39. The molecule has 1 saturated heterocycles. The number of nitrogens with zero attached hydrogens (tertiary/aromatic N) is 3. The van der Waals surface area contributed by atoms with Gasteiger partial charge in [-0.25, -0.2) is 9.97 Å². The molecule has 0 saturated carbocycles. The number of aromatic nitrogens is 2. The number of aliphatic hydroxyl groups is 3. The number of fused-ring (bicyclic) bond motifs is 1. The average molecular weight is 281 g/mol. The predicted octanol–water partition coefficient (Wildman–Crippen LogP) is -0.410. The van der Waals surface area contributed by atoms with Gasteiger partial charge in [-0.3, -0.25) is 4.90 Å². The third kappa shape index (κ3) is 2.24. The van der Waals surface area contributed by atoms with Gasteiger partial charge in [0.15, 0.2) is 0 Å². The highest BCUT2D eigenvalue weighted by molar-refractivity contribution is 7.17. The zero-order valence-electron chi connectivity index (χ0n) is 10.2. The number of hydrogen-bond acceptors (Lipinski definition) is 7. The molecule has 2 aromatic heterocycles. The van der Waals surface area contributed by atoms with Gasteiger partial charge in [0, 0.05) is 24.8 Å². The van der Waals surface area contributed by atoms with Crippen LogP contribution in [0.25, 0.3) is 10.2 Å². The zero-order chi connectivity index (χ0) is 13.4. The van der Waals surface area contributed by atoms with Crippen molar-refractivity contribution in [3.63, 3.8) is 0 Å². The first kappa shape index (κ1) is 12.9. The van der Waals surface area contributed by atoms with Crippen molar-refractivity contribution in [1.82, 2.24) is 14.9 Å². The predicted molar refractivity (Wildman–Crippen MR) is 70.7 cm³/mol. The molecule has 102 valence electrons. The third-order valence-corrected chi connectivity index (χ3v) is 4.51. The number of rotatable bonds is 3. The van der Waals surface area contributed by atoms with Gasteiger partial charge in [0.05, 0.1) is 35.1 Å². The van der Waals surface area contributed by atoms with Crippen molar-refractivity contribution in [3.05, 3.63) is 23.5 Å². The van der Waals surface area contributed by atoms with Crippen LogP contribution >= 0.6 is 11.3 Å². The molecule has 1 fully saturated rings. The Labute approximate surface area is 114 Å². The number of β-amino-alcohol motifs (C(OH)–C–C–N with tert-alkyl or cyclic N) is 1. The molecule has 0 radical (unpaired) electrons. The van der Waals surface area contributed by atoms with E-state index < -0.39 is 18.2 Å². The Kier molecular flexibility index (Phi) is 3.46. The molecule has 19 heavy (non-hydrogen) atoms. The van der Waals surface area contributed by atoms with Gasteiger partial charge in [-0.15, -0.1) is 11.3 Å². The molecule has 3 atom stereocenters. The zero-order valence-corrected chi connectivity index (χ0v) is 11.0. The lowest BCUT2D eigenvalue weighted by molar-refractivity contribution is 0.0211. The first-order chi connectivity index (χ1) is 9.20. The molecule has 0 aliphatic carbocycles. The van der Waals surface area contributed by atoms with Crippen molar-refractivity contribution in [2.75, 3.05) is 13.2 Å². The fourth-order valence-corrected chi connectivity index (χ4v) is 3.40. The minimum Gasteiger partial charge on any atom is -0.395 e. The monoisotopic (exact) mass is 281 g/mol. The Morgan fingerprint density at radius 1 is 1.42 bits per heavy atom. The van der Waals surface area contributed by atoms with E-state index in [1.807, 2.05) is 10.3 Å². The molecule has 3 rings (SSSR count). The summed E-state index contributed by atoms with van der Waals surface area (Å²) in [6.07, 6.45) is 1.57. The standard InChI is InChI=1S/C12H15N3O3S/c16-4-8-12(18)9(17)3-15(8)2-7-5-19-10-1-13-6-14-11(7)10/h1,5-6,8-9,12,16-18H,2-4H2/t8-,9+,12-/m1/s1. The van der Waals surface area contributed by atoms with E-state index in [1.165, 1.54) is 6.33 Å². The lowest BCUT2D eigenvalue weighted by Crippen LogP contribution is -2.38. The fourth-order valence-electron chi connectivity index (χ4n) is 2.53. The first-order valence-electron chi connectivity index (χ1n) is 6.08. The average Bonchev–Trinajstić information content (AvgIpc) is 2.93. The second-order valence-electron chi connectivity index (χ2n) is 4.73. The topological polar surface area (TPSA) is 89.7 Å². The van der Waals surface area contributed by atoms with Crippen LogP contribution in [0.2, 0.25) is 0 Å². The highest BCUT2D eigenvalue weighted by Crippen LogP contribution is 2.27. The molecular formula is C12H15N3O3S. The lowest BCUT2D eigenvalue weighted by atomic mass is 10.1. The van der Waals surface area contributed by atoms with E-state index in [4.69, 9.17) is 0 Å². The van der Waals surface area contributed by atoms with E-state index in [0.717, 1.165) is 15.8 Å². The van der Waals surface area contributed by atoms with Gasteiger partial charge < -0.3 is 15.3 Å². The molecule has 7 heteroatoms. The van der Waals surface area contributed by atoms with Crippen LogP contribution in [0.4, 0.5) is 0 Å². The largest absolute Gasteiger partial charge is 0.395 e. The number of likely N-dealkylation sites (tertiary alicyclic amines) is 1. The summed E-state index contributed by atoms with van der Waals surface area (Å²) in [5, 5.41) is 30.8. The van der Waals surface area contributed by atoms with Crippen LogP contribution in [-0.4, -0.2) is 61.6 Å². The molecule has 0 aromatic carbocycles. The maximum Gasteiger partial charge on any atom is 0.116 e. The smallest absolute Gasteiger partial charge is 0.116 e. The fraction of sp³-hybridized carbons (Fsp3) is 0.500. The Balaban J connectivity index is 1.85. The molecule has 0 unspecified atom stereocenters. The van der Waals surface area contributed by atoms with Crippen molar-refractivity contribution in [2.24, 2.45) is 0 Å². The van der Waals surface area contributed by atoms with Gasteiger partial charge in [-0.1, -0.05) is 0 Å². The van der Waals surface area contributed by atoms with E-state index in [-0.39, 0.29) is 6.61 Å². The second kappa shape index (κ2) is 5.10. The maximum atomic E-state index is 9.80. The van der Waals surface area contributed by atoms with Gasteiger partial charge in [-0.05, 0) is 5.38 Å². The van der Waals surface area contributed by atoms with Crippen LogP contribution in [-0.2, 0) is 6.54 Å². The van der Waals surface area contributed by atoms with E-state index >= 15 is 0 Å². The molecular weight excluding hydrogens is 266 g/mol. The Morgan fingerprint density at radius 2 is 2.26 bits per heavy atom. The highest BCUT2D eigenvalue weighted by atomic mass is 32.1. The summed E-state index contributed by atoms with van der Waals surface area (Å²) in [5.74, 6) is 0. The molecule has 1 aliphatic rings. The van der Waals surface area contributed by atoms with Gasteiger partial charge >= 0.3 is 0 Å². The minimum atomic E-state index is -0.899. The quantitative estimate of drug-likeness (QED) is 0.708. The van der Waals surface area contributed by atoms with E-state index in [9.17, 15) is 15.3 Å². The van der Waals surface area contributed by atoms with Gasteiger partial charge in [0.2, 0.25) is 0 Å². The third-order valence-electron chi connectivity index (χ3n) is 3.55. The van der Waals surface area contributed by atoms with Gasteiger partial charge in [0.1, 0.15) is 6.33 Å². The molecule has 2 aromatic rings. The maximum absolute atomic E-state index is 9.80. The van der Waals surface area contributed by atoms with Crippen LogP contribution < -0.4 is 0 Å². The molecule has 6 nitrogen and oxygen atoms in total. The van der Waals surface area contributed by atoms with Gasteiger partial charge in [0.25, 0.3) is 0 Å². The summed E-state index contributed by atoms with van der Waals surface area (Å²) in [6.45, 7) is 0.737. The summed E-state index contributed by atoms with van der Waals surface area (Å²) >= 11 is 1.57. The van der Waals surface area contributed by atoms with Crippen LogP contribution in [0.5, 0.6) is 0 Å². The summed E-state index contributed by atoms with van der Waals surface area (Å²) in [5.41, 5.74) is 1.93. The SMILES string of the molecule is OC[C@@H]1[C@@H](O)[C@@H](O)CN1Cc1csc2cncnc12. The van der Waals surface area contributed by atoms with Crippen molar-refractivity contribution in [3.8, 4) is 0 Å². The Hall–Kier alpha value is -1.12. The van der Waals surface area contributed by atoms with Crippen molar-refractivity contribution >= 4 is 21.6 Å². The number of hydrogen-bond donors (Lipinski definition) is 3. The Bertz CT molecular complexity index is 576. The molecule has 0 spiro atoms. The Morgan fingerprint density at radius 3 is 3.05 bits per heavy atom. The summed E-state index contributed by atoms with van der Waals surface area (Å²) in [7, 11) is 0. The van der Waals surface area contributed by atoms with Crippen LogP contribution in [0.3, 0.4) is 0 Å². The number of aliphatic hydroxyl groups excluding tert-OH is 3. The molecule has 1 aliphatic heterocycles. The van der Waals surface area contributed by atoms with Crippen molar-refractivity contribution < 1.29 is 15.3 Å². The second-order valence-corrected chi connectivity index (χ2v) is 5.65. The van der Waals surface area contributed by atoms with E-state index in [1.54, 1.807) is 17.5 Å². The molecule has 0 bridgehead atoms. The van der Waals surface area contributed by atoms with Crippen molar-refractivity contribution in [2.45, 2.75) is 24.8 Å². The lowest BCUT2D eigenvalue weighted by Gasteiger charge is -2.23. The first-order valence-corrected chi connectivity index (χ1v) is 6.96. The van der Waals surface area contributed by atoms with Crippen LogP contribution in [0.15, 0.2) is 17.9 Å². The van der Waals surface area contributed by atoms with E-state index in [0.29, 0.717) is 13.1 Å².